The van der Waals surface area contributed by atoms with E-state index in [1.807, 2.05) is 30.3 Å². The fraction of sp³-hybridized carbons (Fsp3) is 0.500. The Morgan fingerprint density at radius 3 is 2.03 bits per heavy atom. The van der Waals surface area contributed by atoms with Crippen molar-refractivity contribution in [2.24, 2.45) is 0 Å². The topological polar surface area (TPSA) is 114 Å². The van der Waals surface area contributed by atoms with Gasteiger partial charge in [0.05, 0.1) is 0 Å². The van der Waals surface area contributed by atoms with Crippen LogP contribution in [0.3, 0.4) is 0 Å². The van der Waals surface area contributed by atoms with Crippen LogP contribution in [0.2, 0.25) is 0 Å². The molecule has 1 aromatic rings. The van der Waals surface area contributed by atoms with Gasteiger partial charge in [-0.05, 0) is 12.1 Å². The molecule has 0 aliphatic carbocycles. The van der Waals surface area contributed by atoms with E-state index < -0.39 is 53.7 Å². The van der Waals surface area contributed by atoms with Gasteiger partial charge in [0.1, 0.15) is 18.1 Å². The Kier molecular flexibility index (Phi) is 8.67. The fourth-order valence-corrected chi connectivity index (χ4v) is 4.04. The number of ether oxygens (including phenoxy) is 5. The van der Waals surface area contributed by atoms with E-state index in [9.17, 15) is 19.2 Å². The highest BCUT2D eigenvalue weighted by Gasteiger charge is 2.53. The molecule has 0 bridgehead atoms. The van der Waals surface area contributed by atoms with Gasteiger partial charge >= 0.3 is 23.9 Å². The molecular weight excluding hydrogens is 416 g/mol. The van der Waals surface area contributed by atoms with E-state index in [0.717, 1.165) is 4.90 Å². The summed E-state index contributed by atoms with van der Waals surface area (Å²) in [6.07, 6.45) is -4.15. The summed E-state index contributed by atoms with van der Waals surface area (Å²) in [5, 5.41) is 0. The first-order valence-corrected chi connectivity index (χ1v) is 10.1. The first-order valence-electron chi connectivity index (χ1n) is 9.19. The normalized spacial score (nSPS) is 23.9. The van der Waals surface area contributed by atoms with Crippen molar-refractivity contribution in [3.8, 4) is 0 Å². The second kappa shape index (κ2) is 11.0. The summed E-state index contributed by atoms with van der Waals surface area (Å²) >= 11 is 1.26. The van der Waals surface area contributed by atoms with Gasteiger partial charge in [-0.25, -0.2) is 0 Å². The van der Waals surface area contributed by atoms with E-state index in [1.165, 1.54) is 39.5 Å². The van der Waals surface area contributed by atoms with Crippen LogP contribution in [0.25, 0.3) is 0 Å². The lowest BCUT2D eigenvalue weighted by Gasteiger charge is -2.27. The maximum Gasteiger partial charge on any atom is 0.303 e. The van der Waals surface area contributed by atoms with Crippen LogP contribution < -0.4 is 0 Å². The summed E-state index contributed by atoms with van der Waals surface area (Å²) in [5.41, 5.74) is -0.763. The second-order valence-electron chi connectivity index (χ2n) is 6.50. The lowest BCUT2D eigenvalue weighted by molar-refractivity contribution is -0.176. The molecule has 30 heavy (non-hydrogen) atoms. The molecule has 0 spiro atoms. The second-order valence-corrected chi connectivity index (χ2v) is 7.67. The molecule has 1 saturated heterocycles. The van der Waals surface area contributed by atoms with Crippen molar-refractivity contribution in [3.05, 3.63) is 30.3 Å². The summed E-state index contributed by atoms with van der Waals surface area (Å²) in [5.74, 6) is -2.45. The van der Waals surface area contributed by atoms with E-state index in [-0.39, 0.29) is 6.61 Å². The van der Waals surface area contributed by atoms with E-state index in [2.05, 4.69) is 0 Å². The largest absolute Gasteiger partial charge is 0.462 e. The predicted molar refractivity (Wildman–Crippen MR) is 104 cm³/mol. The van der Waals surface area contributed by atoms with E-state index in [0.29, 0.717) is 0 Å². The monoisotopic (exact) mass is 440 g/mol. The molecule has 5 atom stereocenters. The summed E-state index contributed by atoms with van der Waals surface area (Å²) in [6.45, 7) is 4.51. The highest BCUT2D eigenvalue weighted by atomic mass is 32.2. The number of benzene rings is 1. The zero-order valence-electron chi connectivity index (χ0n) is 17.1. The molecule has 1 fully saturated rings. The van der Waals surface area contributed by atoms with Crippen LogP contribution in [0, 0.1) is 0 Å². The number of carbonyl (C=O) groups excluding carboxylic acids is 4. The lowest BCUT2D eigenvalue weighted by Crippen LogP contribution is -2.46. The molecule has 1 heterocycles. The molecule has 0 N–H and O–H groups in total. The summed E-state index contributed by atoms with van der Waals surface area (Å²) < 4.78 is 27.1. The minimum atomic E-state index is -1.08. The molecule has 2 rings (SSSR count). The molecule has 1 aliphatic heterocycles. The Labute approximate surface area is 178 Å². The van der Waals surface area contributed by atoms with Crippen LogP contribution >= 0.6 is 11.8 Å². The SMILES string of the molecule is CC(=O)OC[C@@H](OC(C)=O)[C@H]1O[C@@H](Sc2ccccc2)[C@H](OC(C)=O)[C@H]1OC(C)=O. The van der Waals surface area contributed by atoms with Crippen LogP contribution in [0.4, 0.5) is 0 Å². The van der Waals surface area contributed by atoms with E-state index >= 15 is 0 Å². The number of hydrogen-bond donors (Lipinski definition) is 0. The third kappa shape index (κ3) is 7.03. The van der Waals surface area contributed by atoms with Crippen molar-refractivity contribution >= 4 is 35.6 Å². The van der Waals surface area contributed by atoms with Crippen LogP contribution in [0.5, 0.6) is 0 Å². The van der Waals surface area contributed by atoms with Gasteiger partial charge in [0.25, 0.3) is 0 Å². The minimum absolute atomic E-state index is 0.313. The van der Waals surface area contributed by atoms with Crippen LogP contribution in [-0.2, 0) is 42.9 Å². The third-order valence-corrected chi connectivity index (χ3v) is 5.10. The lowest BCUT2D eigenvalue weighted by atomic mass is 10.1. The summed E-state index contributed by atoms with van der Waals surface area (Å²) in [6, 6.07) is 9.21. The van der Waals surface area contributed by atoms with Gasteiger partial charge in [-0.2, -0.15) is 0 Å². The number of esters is 4. The first kappa shape index (κ1) is 23.7. The molecule has 0 radical (unpaired) electrons. The Bertz CT molecular complexity index is 767. The molecule has 0 unspecified atom stereocenters. The molecule has 1 aromatic carbocycles. The van der Waals surface area contributed by atoms with Gasteiger partial charge in [-0.3, -0.25) is 19.2 Å². The van der Waals surface area contributed by atoms with E-state index in [1.54, 1.807) is 0 Å². The maximum absolute atomic E-state index is 11.7. The van der Waals surface area contributed by atoms with Crippen LogP contribution in [0.15, 0.2) is 35.2 Å². The van der Waals surface area contributed by atoms with Gasteiger partial charge in [-0.15, -0.1) is 0 Å². The van der Waals surface area contributed by atoms with Gasteiger partial charge in [0, 0.05) is 32.6 Å². The maximum atomic E-state index is 11.7. The van der Waals surface area contributed by atoms with Crippen molar-refractivity contribution in [3.63, 3.8) is 0 Å². The number of thioether (sulfide) groups is 1. The van der Waals surface area contributed by atoms with Crippen molar-refractivity contribution in [2.75, 3.05) is 6.61 Å². The number of carbonyl (C=O) groups is 4. The van der Waals surface area contributed by atoms with Gasteiger partial charge in [0.15, 0.2) is 18.3 Å². The highest BCUT2D eigenvalue weighted by molar-refractivity contribution is 7.99. The Balaban J connectivity index is 2.35. The van der Waals surface area contributed by atoms with Gasteiger partial charge in [-0.1, -0.05) is 30.0 Å². The zero-order valence-corrected chi connectivity index (χ0v) is 17.9. The molecule has 0 amide bonds. The predicted octanol–water partition coefficient (Wildman–Crippen LogP) is 1.86. The first-order chi connectivity index (χ1) is 14.2. The third-order valence-electron chi connectivity index (χ3n) is 3.94. The quantitative estimate of drug-likeness (QED) is 0.438. The standard InChI is InChI=1S/C20H24O9S/c1-11(21)25-10-16(26-12(2)22)17-18(27-13(3)23)19(28-14(4)24)20(29-17)30-15-8-6-5-7-9-15/h5-9,16-20H,10H2,1-4H3/t16-,17-,18+,19-,20+/m1/s1. The average Bonchev–Trinajstić information content (AvgIpc) is 2.95. The van der Waals surface area contributed by atoms with Crippen molar-refractivity contribution < 1.29 is 42.9 Å². The number of rotatable bonds is 8. The Morgan fingerprint density at radius 2 is 1.50 bits per heavy atom. The number of hydrogen-bond acceptors (Lipinski definition) is 10. The zero-order chi connectivity index (χ0) is 22.3. The van der Waals surface area contributed by atoms with Crippen molar-refractivity contribution in [1.82, 2.24) is 0 Å². The van der Waals surface area contributed by atoms with Crippen LogP contribution in [-0.4, -0.2) is 60.3 Å². The van der Waals surface area contributed by atoms with Gasteiger partial charge in [0.2, 0.25) is 0 Å². The Morgan fingerprint density at radius 1 is 0.900 bits per heavy atom. The van der Waals surface area contributed by atoms with E-state index in [4.69, 9.17) is 23.7 Å². The van der Waals surface area contributed by atoms with Crippen LogP contribution in [0.1, 0.15) is 27.7 Å². The molecule has 0 saturated carbocycles. The summed E-state index contributed by atoms with van der Waals surface area (Å²) in [4.78, 5) is 47.1. The average molecular weight is 440 g/mol. The molecule has 0 aromatic heterocycles. The Hall–Kier alpha value is -2.59. The molecule has 1 aliphatic rings. The fourth-order valence-electron chi connectivity index (χ4n) is 2.93. The summed E-state index contributed by atoms with van der Waals surface area (Å²) in [7, 11) is 0. The van der Waals surface area contributed by atoms with Gasteiger partial charge < -0.3 is 23.7 Å². The van der Waals surface area contributed by atoms with Crippen molar-refractivity contribution in [1.29, 1.82) is 0 Å². The minimum Gasteiger partial charge on any atom is -0.462 e. The highest BCUT2D eigenvalue weighted by Crippen LogP contribution is 2.39. The molecule has 164 valence electrons. The molecular formula is C20H24O9S. The molecule has 9 nitrogen and oxygen atoms in total. The van der Waals surface area contributed by atoms with Crippen molar-refractivity contribution in [2.45, 2.75) is 62.4 Å². The smallest absolute Gasteiger partial charge is 0.303 e. The molecule has 10 heteroatoms.